The third kappa shape index (κ3) is 4.21. The number of ether oxygens (including phenoxy) is 1. The fourth-order valence-electron chi connectivity index (χ4n) is 1.16. The van der Waals surface area contributed by atoms with E-state index in [-0.39, 0.29) is 0 Å². The summed E-state index contributed by atoms with van der Waals surface area (Å²) in [6.07, 6.45) is 0. The fourth-order valence-corrected chi connectivity index (χ4v) is 1.37. The van der Waals surface area contributed by atoms with Crippen molar-refractivity contribution in [3.05, 3.63) is 35.9 Å². The summed E-state index contributed by atoms with van der Waals surface area (Å²) >= 11 is 5.98. The minimum Gasteiger partial charge on any atom is -0.463 e. The normalized spacial score (nSPS) is 12.5. The van der Waals surface area contributed by atoms with Gasteiger partial charge in [0.25, 0.3) is 0 Å². The zero-order valence-electron chi connectivity index (χ0n) is 9.52. The van der Waals surface area contributed by atoms with Crippen LogP contribution in [-0.4, -0.2) is 38.1 Å². The molecule has 4 heteroatoms. The molecule has 0 N–H and O–H groups in total. The summed E-state index contributed by atoms with van der Waals surface area (Å²) < 4.78 is 5.06. The Hall–Kier alpha value is -1.06. The second kappa shape index (κ2) is 6.51. The minimum atomic E-state index is -0.719. The molecular weight excluding hydrogens is 226 g/mol. The molecule has 1 unspecified atom stereocenters. The zero-order chi connectivity index (χ0) is 12.0. The van der Waals surface area contributed by atoms with Crippen LogP contribution < -0.4 is 0 Å². The summed E-state index contributed by atoms with van der Waals surface area (Å²) in [5, 5.41) is -0.719. The van der Waals surface area contributed by atoms with Crippen LogP contribution >= 0.6 is 11.6 Å². The molecule has 3 nitrogen and oxygen atoms in total. The predicted octanol–water partition coefficient (Wildman–Crippen LogP) is 2.07. The number of carbonyl (C=O) groups is 1. The molecule has 0 saturated heterocycles. The minimum absolute atomic E-state index is 0.363. The van der Waals surface area contributed by atoms with Gasteiger partial charge in [0.05, 0.1) is 0 Å². The molecule has 88 valence electrons. The van der Waals surface area contributed by atoms with E-state index in [4.69, 9.17) is 16.3 Å². The van der Waals surface area contributed by atoms with Gasteiger partial charge in [-0.05, 0) is 19.7 Å². The van der Waals surface area contributed by atoms with Crippen molar-refractivity contribution >= 4 is 17.6 Å². The molecule has 0 heterocycles. The smallest absolute Gasteiger partial charge is 0.328 e. The molecule has 0 bridgehead atoms. The van der Waals surface area contributed by atoms with Gasteiger partial charge in [-0.3, -0.25) is 4.79 Å². The largest absolute Gasteiger partial charge is 0.463 e. The maximum Gasteiger partial charge on any atom is 0.328 e. The lowest BCUT2D eigenvalue weighted by atomic mass is 10.1. The van der Waals surface area contributed by atoms with E-state index in [0.29, 0.717) is 13.2 Å². The van der Waals surface area contributed by atoms with Gasteiger partial charge < -0.3 is 9.64 Å². The van der Waals surface area contributed by atoms with Crippen molar-refractivity contribution in [3.63, 3.8) is 0 Å². The topological polar surface area (TPSA) is 29.5 Å². The van der Waals surface area contributed by atoms with Crippen LogP contribution in [0.25, 0.3) is 0 Å². The van der Waals surface area contributed by atoms with E-state index in [1.54, 1.807) is 0 Å². The highest BCUT2D eigenvalue weighted by molar-refractivity contribution is 6.29. The van der Waals surface area contributed by atoms with Crippen LogP contribution in [0, 0.1) is 0 Å². The maximum absolute atomic E-state index is 11.6. The molecule has 0 fully saturated rings. The molecule has 0 spiro atoms. The molecule has 0 aliphatic carbocycles. The van der Waals surface area contributed by atoms with E-state index in [1.165, 1.54) is 0 Å². The summed E-state index contributed by atoms with van der Waals surface area (Å²) in [5.74, 6) is -0.394. The van der Waals surface area contributed by atoms with Crippen LogP contribution in [0.2, 0.25) is 0 Å². The predicted molar refractivity (Wildman–Crippen MR) is 64.5 cm³/mol. The summed E-state index contributed by atoms with van der Waals surface area (Å²) in [4.78, 5) is 13.5. The zero-order valence-corrected chi connectivity index (χ0v) is 10.3. The first-order valence-corrected chi connectivity index (χ1v) is 5.55. The van der Waals surface area contributed by atoms with Gasteiger partial charge >= 0.3 is 5.97 Å². The van der Waals surface area contributed by atoms with E-state index in [1.807, 2.05) is 49.3 Å². The lowest BCUT2D eigenvalue weighted by molar-refractivity contribution is -0.143. The van der Waals surface area contributed by atoms with Crippen molar-refractivity contribution in [1.29, 1.82) is 0 Å². The van der Waals surface area contributed by atoms with Crippen molar-refractivity contribution in [2.75, 3.05) is 27.2 Å². The van der Waals surface area contributed by atoms with Crippen molar-refractivity contribution < 1.29 is 9.53 Å². The number of hydrogen-bond acceptors (Lipinski definition) is 3. The number of alkyl halides is 1. The lowest BCUT2D eigenvalue weighted by Gasteiger charge is -2.12. The second-order valence-electron chi connectivity index (χ2n) is 3.74. The molecule has 1 aromatic carbocycles. The summed E-state index contributed by atoms with van der Waals surface area (Å²) in [6.45, 7) is 1.06. The first kappa shape index (κ1) is 13.0. The molecule has 1 rings (SSSR count). The summed E-state index contributed by atoms with van der Waals surface area (Å²) in [7, 11) is 3.84. The molecule has 1 atom stereocenters. The number of rotatable bonds is 5. The molecule has 0 saturated carbocycles. The molecule has 0 radical (unpaired) electrons. The third-order valence-electron chi connectivity index (χ3n) is 2.08. The van der Waals surface area contributed by atoms with Crippen LogP contribution in [0.5, 0.6) is 0 Å². The number of likely N-dealkylation sites (N-methyl/N-ethyl adjacent to an activating group) is 1. The molecule has 0 aliphatic heterocycles. The molecule has 0 aliphatic rings. The van der Waals surface area contributed by atoms with Crippen LogP contribution in [0.3, 0.4) is 0 Å². The van der Waals surface area contributed by atoms with Crippen LogP contribution in [-0.2, 0) is 9.53 Å². The van der Waals surface area contributed by atoms with E-state index >= 15 is 0 Å². The number of esters is 1. The number of carbonyl (C=O) groups excluding carboxylic acids is 1. The van der Waals surface area contributed by atoms with Crippen LogP contribution in [0.15, 0.2) is 30.3 Å². The first-order chi connectivity index (χ1) is 7.61. The molecule has 1 aromatic rings. The number of nitrogens with zero attached hydrogens (tertiary/aromatic N) is 1. The average Bonchev–Trinajstić information content (AvgIpc) is 2.28. The van der Waals surface area contributed by atoms with E-state index in [2.05, 4.69) is 0 Å². The van der Waals surface area contributed by atoms with Gasteiger partial charge in [-0.1, -0.05) is 30.3 Å². The number of benzene rings is 1. The van der Waals surface area contributed by atoms with Gasteiger partial charge in [-0.2, -0.15) is 0 Å². The fraction of sp³-hybridized carbons (Fsp3) is 0.417. The molecular formula is C12H16ClNO2. The maximum atomic E-state index is 11.6. The van der Waals surface area contributed by atoms with Crippen molar-refractivity contribution in [1.82, 2.24) is 4.90 Å². The number of hydrogen-bond donors (Lipinski definition) is 0. The molecule has 16 heavy (non-hydrogen) atoms. The summed E-state index contributed by atoms with van der Waals surface area (Å²) in [6, 6.07) is 9.19. The SMILES string of the molecule is CN(C)CCOC(=O)C(Cl)c1ccccc1. The van der Waals surface area contributed by atoms with E-state index in [9.17, 15) is 4.79 Å². The van der Waals surface area contributed by atoms with Gasteiger partial charge in [0, 0.05) is 6.54 Å². The number of halogens is 1. The van der Waals surface area contributed by atoms with Gasteiger partial charge in [0.15, 0.2) is 5.38 Å². The van der Waals surface area contributed by atoms with Crippen LogP contribution in [0.1, 0.15) is 10.9 Å². The van der Waals surface area contributed by atoms with Crippen molar-refractivity contribution in [3.8, 4) is 0 Å². The Kier molecular flexibility index (Phi) is 5.29. The first-order valence-electron chi connectivity index (χ1n) is 5.11. The quantitative estimate of drug-likeness (QED) is 0.584. The highest BCUT2D eigenvalue weighted by Gasteiger charge is 2.18. The van der Waals surface area contributed by atoms with E-state index in [0.717, 1.165) is 5.56 Å². The Balaban J connectivity index is 2.43. The summed E-state index contributed by atoms with van der Waals surface area (Å²) in [5.41, 5.74) is 0.763. The average molecular weight is 242 g/mol. The van der Waals surface area contributed by atoms with Gasteiger partial charge in [0.2, 0.25) is 0 Å². The monoisotopic (exact) mass is 241 g/mol. The van der Waals surface area contributed by atoms with Crippen molar-refractivity contribution in [2.24, 2.45) is 0 Å². The van der Waals surface area contributed by atoms with E-state index < -0.39 is 11.3 Å². The Bertz CT molecular complexity index is 327. The van der Waals surface area contributed by atoms with Crippen molar-refractivity contribution in [2.45, 2.75) is 5.38 Å². The Labute approximate surface area is 101 Å². The van der Waals surface area contributed by atoms with Gasteiger partial charge in [0.1, 0.15) is 6.61 Å². The van der Waals surface area contributed by atoms with Gasteiger partial charge in [-0.25, -0.2) is 0 Å². The Morgan fingerprint density at radius 2 is 2.00 bits per heavy atom. The van der Waals surface area contributed by atoms with Crippen LogP contribution in [0.4, 0.5) is 0 Å². The highest BCUT2D eigenvalue weighted by Crippen LogP contribution is 2.21. The highest BCUT2D eigenvalue weighted by atomic mass is 35.5. The lowest BCUT2D eigenvalue weighted by Crippen LogP contribution is -2.21. The second-order valence-corrected chi connectivity index (χ2v) is 4.18. The van der Waals surface area contributed by atoms with Gasteiger partial charge in [-0.15, -0.1) is 11.6 Å². The standard InChI is InChI=1S/C12H16ClNO2/c1-14(2)8-9-16-12(15)11(13)10-6-4-3-5-7-10/h3-7,11H,8-9H2,1-2H3. The third-order valence-corrected chi connectivity index (χ3v) is 2.51. The Morgan fingerprint density at radius 3 is 2.56 bits per heavy atom. The Morgan fingerprint density at radius 1 is 1.38 bits per heavy atom. The molecule has 0 amide bonds. The molecule has 0 aromatic heterocycles.